The van der Waals surface area contributed by atoms with Gasteiger partial charge in [-0.1, -0.05) is 0 Å². The summed E-state index contributed by atoms with van der Waals surface area (Å²) in [6, 6.07) is 1.87. The molecule has 0 saturated carbocycles. The Morgan fingerprint density at radius 1 is 1.14 bits per heavy atom. The summed E-state index contributed by atoms with van der Waals surface area (Å²) in [6.07, 6.45) is 0. The van der Waals surface area contributed by atoms with Crippen LogP contribution in [-0.4, -0.2) is 18.5 Å². The first-order valence-corrected chi connectivity index (χ1v) is 8.63. The van der Waals surface area contributed by atoms with Crippen molar-refractivity contribution in [1.82, 2.24) is 0 Å². The number of carbonyl (C=O) groups is 2. The Balaban J connectivity index is 2.31. The second-order valence-corrected chi connectivity index (χ2v) is 7.49. The van der Waals surface area contributed by atoms with Crippen LogP contribution in [0.5, 0.6) is 0 Å². The molecule has 0 aliphatic rings. The first kappa shape index (κ1) is 16.7. The van der Waals surface area contributed by atoms with Crippen LogP contribution in [0.4, 0.5) is 5.00 Å². The van der Waals surface area contributed by atoms with Crippen LogP contribution < -0.4 is 5.32 Å². The topological polar surface area (TPSA) is 55.4 Å². The summed E-state index contributed by atoms with van der Waals surface area (Å²) >= 11 is 2.85. The van der Waals surface area contributed by atoms with Crippen LogP contribution in [0.15, 0.2) is 6.07 Å². The molecule has 0 aromatic carbocycles. The van der Waals surface area contributed by atoms with E-state index >= 15 is 0 Å². The summed E-state index contributed by atoms with van der Waals surface area (Å²) in [6.45, 7) is 9.84. The van der Waals surface area contributed by atoms with E-state index in [1.54, 1.807) is 6.92 Å². The normalized spacial score (nSPS) is 10.6. The van der Waals surface area contributed by atoms with Crippen molar-refractivity contribution < 1.29 is 14.3 Å². The number of thiophene rings is 2. The molecule has 0 aliphatic carbocycles. The van der Waals surface area contributed by atoms with E-state index in [4.69, 9.17) is 4.74 Å². The number of hydrogen-bond acceptors (Lipinski definition) is 5. The third-order valence-electron chi connectivity index (χ3n) is 3.48. The molecule has 0 fully saturated rings. The minimum absolute atomic E-state index is 0.187. The molecule has 22 heavy (non-hydrogen) atoms. The lowest BCUT2D eigenvalue weighted by Gasteiger charge is -2.06. The van der Waals surface area contributed by atoms with E-state index in [0.717, 1.165) is 20.9 Å². The first-order valence-electron chi connectivity index (χ1n) is 7.00. The molecule has 0 atom stereocenters. The van der Waals surface area contributed by atoms with Crippen LogP contribution in [0.25, 0.3) is 0 Å². The second-order valence-electron chi connectivity index (χ2n) is 5.01. The van der Waals surface area contributed by atoms with Crippen molar-refractivity contribution in [3.8, 4) is 0 Å². The summed E-state index contributed by atoms with van der Waals surface area (Å²) in [5, 5.41) is 3.42. The Hall–Kier alpha value is -1.66. The van der Waals surface area contributed by atoms with Crippen molar-refractivity contribution in [3.63, 3.8) is 0 Å². The number of ether oxygens (including phenoxy) is 1. The molecule has 118 valence electrons. The van der Waals surface area contributed by atoms with Crippen molar-refractivity contribution in [1.29, 1.82) is 0 Å². The van der Waals surface area contributed by atoms with Crippen LogP contribution in [0.3, 0.4) is 0 Å². The van der Waals surface area contributed by atoms with Gasteiger partial charge in [0.25, 0.3) is 5.91 Å². The summed E-state index contributed by atoms with van der Waals surface area (Å²) in [7, 11) is 0. The zero-order chi connectivity index (χ0) is 16.4. The van der Waals surface area contributed by atoms with Gasteiger partial charge in [0.2, 0.25) is 0 Å². The van der Waals surface area contributed by atoms with E-state index in [1.165, 1.54) is 22.7 Å². The van der Waals surface area contributed by atoms with Gasteiger partial charge in [0, 0.05) is 9.75 Å². The minimum Gasteiger partial charge on any atom is -0.462 e. The number of carbonyl (C=O) groups excluding carboxylic acids is 2. The summed E-state index contributed by atoms with van der Waals surface area (Å²) < 4.78 is 5.09. The van der Waals surface area contributed by atoms with Gasteiger partial charge in [0.05, 0.1) is 17.0 Å². The number of amides is 1. The molecular formula is C16H19NO3S2. The largest absolute Gasteiger partial charge is 0.462 e. The summed E-state index contributed by atoms with van der Waals surface area (Å²) in [4.78, 5) is 27.3. The molecule has 0 aliphatic heterocycles. The third kappa shape index (κ3) is 3.23. The lowest BCUT2D eigenvalue weighted by molar-refractivity contribution is 0.0527. The predicted octanol–water partition coefficient (Wildman–Crippen LogP) is 4.47. The minimum atomic E-state index is -0.391. The molecule has 2 aromatic heterocycles. The molecule has 2 heterocycles. The van der Waals surface area contributed by atoms with Crippen molar-refractivity contribution in [3.05, 3.63) is 37.4 Å². The Kier molecular flexibility index (Phi) is 5.03. The molecule has 2 aromatic rings. The molecule has 2 rings (SSSR count). The zero-order valence-corrected chi connectivity index (χ0v) is 15.0. The lowest BCUT2D eigenvalue weighted by Crippen LogP contribution is -2.13. The Morgan fingerprint density at radius 2 is 1.82 bits per heavy atom. The van der Waals surface area contributed by atoms with Gasteiger partial charge in [-0.05, 0) is 51.8 Å². The maximum absolute atomic E-state index is 12.4. The highest BCUT2D eigenvalue weighted by Crippen LogP contribution is 2.34. The second kappa shape index (κ2) is 6.62. The number of hydrogen-bond donors (Lipinski definition) is 1. The van der Waals surface area contributed by atoms with Crippen molar-refractivity contribution >= 4 is 39.6 Å². The van der Waals surface area contributed by atoms with Crippen molar-refractivity contribution in [2.75, 3.05) is 11.9 Å². The van der Waals surface area contributed by atoms with E-state index in [2.05, 4.69) is 5.32 Å². The van der Waals surface area contributed by atoms with Crippen LogP contribution >= 0.6 is 22.7 Å². The molecule has 0 saturated heterocycles. The van der Waals surface area contributed by atoms with Crippen LogP contribution in [0.1, 0.15) is 47.8 Å². The van der Waals surface area contributed by atoms with Gasteiger partial charge in [-0.2, -0.15) is 0 Å². The average molecular weight is 337 g/mol. The fourth-order valence-corrected chi connectivity index (χ4v) is 3.99. The smallest absolute Gasteiger partial charge is 0.341 e. The number of aryl methyl sites for hydroxylation is 3. The first-order chi connectivity index (χ1) is 10.3. The molecule has 0 radical (unpaired) electrons. The van der Waals surface area contributed by atoms with Gasteiger partial charge in [0.1, 0.15) is 5.00 Å². The third-order valence-corrected chi connectivity index (χ3v) is 5.76. The maximum atomic E-state index is 12.4. The molecule has 6 heteroatoms. The fraction of sp³-hybridized carbons (Fsp3) is 0.375. The summed E-state index contributed by atoms with van der Waals surface area (Å²) in [5.41, 5.74) is 2.42. The molecule has 0 unspecified atom stereocenters. The quantitative estimate of drug-likeness (QED) is 0.837. The van der Waals surface area contributed by atoms with Crippen molar-refractivity contribution in [2.45, 2.75) is 34.6 Å². The Morgan fingerprint density at radius 3 is 2.36 bits per heavy atom. The molecule has 1 amide bonds. The number of rotatable bonds is 4. The zero-order valence-electron chi connectivity index (χ0n) is 13.3. The SMILES string of the molecule is CCOC(=O)c1c(NC(=O)c2cc(C)c(C)s2)sc(C)c1C. The average Bonchev–Trinajstić information content (AvgIpc) is 2.91. The Labute approximate surface area is 138 Å². The van der Waals surface area contributed by atoms with Gasteiger partial charge >= 0.3 is 5.97 Å². The van der Waals surface area contributed by atoms with E-state index in [9.17, 15) is 9.59 Å². The van der Waals surface area contributed by atoms with E-state index in [-0.39, 0.29) is 5.91 Å². The number of anilines is 1. The van der Waals surface area contributed by atoms with Crippen LogP contribution in [-0.2, 0) is 4.74 Å². The molecule has 1 N–H and O–H groups in total. The highest BCUT2D eigenvalue weighted by Gasteiger charge is 2.23. The highest BCUT2D eigenvalue weighted by atomic mass is 32.1. The molecule has 0 spiro atoms. The monoisotopic (exact) mass is 337 g/mol. The van der Waals surface area contributed by atoms with E-state index in [0.29, 0.717) is 22.0 Å². The van der Waals surface area contributed by atoms with Crippen LogP contribution in [0, 0.1) is 27.7 Å². The van der Waals surface area contributed by atoms with Crippen LogP contribution in [0.2, 0.25) is 0 Å². The maximum Gasteiger partial charge on any atom is 0.341 e. The molecule has 0 bridgehead atoms. The van der Waals surface area contributed by atoms with E-state index in [1.807, 2.05) is 33.8 Å². The highest BCUT2D eigenvalue weighted by molar-refractivity contribution is 7.17. The Bertz CT molecular complexity index is 709. The van der Waals surface area contributed by atoms with Gasteiger partial charge < -0.3 is 10.1 Å². The van der Waals surface area contributed by atoms with E-state index < -0.39 is 5.97 Å². The molecular weight excluding hydrogens is 318 g/mol. The standard InChI is InChI=1S/C16H19NO3S2/c1-6-20-16(19)13-9(3)11(5)22-15(13)17-14(18)12-7-8(2)10(4)21-12/h7H,6H2,1-5H3,(H,17,18). The van der Waals surface area contributed by atoms with Crippen molar-refractivity contribution in [2.24, 2.45) is 0 Å². The molecule has 4 nitrogen and oxygen atoms in total. The fourth-order valence-electron chi connectivity index (χ4n) is 2.01. The summed E-state index contributed by atoms with van der Waals surface area (Å²) in [5.74, 6) is -0.578. The number of esters is 1. The van der Waals surface area contributed by atoms with Gasteiger partial charge in [0.15, 0.2) is 0 Å². The number of nitrogens with one attached hydrogen (secondary N) is 1. The van der Waals surface area contributed by atoms with Gasteiger partial charge in [-0.15, -0.1) is 22.7 Å². The van der Waals surface area contributed by atoms with Gasteiger partial charge in [-0.3, -0.25) is 4.79 Å². The van der Waals surface area contributed by atoms with Gasteiger partial charge in [-0.25, -0.2) is 4.79 Å². The lowest BCUT2D eigenvalue weighted by atomic mass is 10.1. The predicted molar refractivity (Wildman–Crippen MR) is 91.5 cm³/mol.